The van der Waals surface area contributed by atoms with Gasteiger partial charge in [0.2, 0.25) is 0 Å². The third-order valence-electron chi connectivity index (χ3n) is 0. The first kappa shape index (κ1) is 15.7. The van der Waals surface area contributed by atoms with Gasteiger partial charge in [0.25, 0.3) is 0 Å². The van der Waals surface area contributed by atoms with Crippen molar-refractivity contribution in [2.45, 2.75) is 0 Å². The molecule has 0 spiro atoms. The lowest BCUT2D eigenvalue weighted by atomic mass is 15.8. The van der Waals surface area contributed by atoms with Crippen LogP contribution < -0.4 is 0 Å². The van der Waals surface area contributed by atoms with E-state index in [1.807, 2.05) is 0 Å². The molecule has 0 aliphatic heterocycles. The molecule has 0 saturated heterocycles. The van der Waals surface area contributed by atoms with Gasteiger partial charge < -0.3 is 20.2 Å². The average molecular weight is 150 g/mol. The fourth-order valence-corrected chi connectivity index (χ4v) is 0. The molecule has 48 valence electrons. The number of rotatable bonds is 0. The van der Waals surface area contributed by atoms with Crippen molar-refractivity contribution in [3.05, 3.63) is 0 Å². The number of hydrogen-bond donors (Lipinski definition) is 3. The Morgan fingerprint density at radius 2 is 1.14 bits per heavy atom. The first-order valence-corrected chi connectivity index (χ1v) is 2.35. The minimum Gasteiger partial charge on any atom is -0.412 e. The summed E-state index contributed by atoms with van der Waals surface area (Å²) in [5, 5.41) is 0. The molecule has 0 bridgehead atoms. The van der Waals surface area contributed by atoms with Crippen molar-refractivity contribution in [2.24, 2.45) is 0 Å². The zero-order chi connectivity index (χ0) is 4.50. The largest absolute Gasteiger partial charge is 0.466 e. The molecule has 0 rings (SSSR count). The van der Waals surface area contributed by atoms with Gasteiger partial charge in [-0.2, -0.15) is 13.5 Å². The van der Waals surface area contributed by atoms with Crippen LogP contribution in [0.15, 0.2) is 0 Å². The van der Waals surface area contributed by atoms with E-state index in [1.165, 1.54) is 0 Å². The summed E-state index contributed by atoms with van der Waals surface area (Å²) in [5.74, 6) is 0. The Kier molecular flexibility index (Phi) is 10.2. The molecule has 0 heterocycles. The van der Waals surface area contributed by atoms with Crippen LogP contribution in [-0.4, -0.2) is 20.2 Å². The lowest BCUT2D eigenvalue weighted by molar-refractivity contribution is 0.275. The fraction of sp³-hybridized carbons (Fsp3) is 0. The van der Waals surface area contributed by atoms with Crippen molar-refractivity contribution in [1.82, 2.24) is 0 Å². The van der Waals surface area contributed by atoms with Crippen molar-refractivity contribution in [2.75, 3.05) is 0 Å². The second kappa shape index (κ2) is 4.58. The standard InChI is InChI=1S/H3O4P.H2O.H2S/c1-5(2,3)4;;/h(H3,1,2,3,4);2*1H2. The lowest BCUT2D eigenvalue weighted by Gasteiger charge is -1.82. The van der Waals surface area contributed by atoms with Crippen LogP contribution in [0.3, 0.4) is 0 Å². The van der Waals surface area contributed by atoms with Gasteiger partial charge in [-0.15, -0.1) is 0 Å². The molecule has 5 N–H and O–H groups in total. The summed E-state index contributed by atoms with van der Waals surface area (Å²) in [6.07, 6.45) is 0. The van der Waals surface area contributed by atoms with Crippen LogP contribution in [0, 0.1) is 0 Å². The highest BCUT2D eigenvalue weighted by atomic mass is 32.1. The maximum Gasteiger partial charge on any atom is 0.466 e. The van der Waals surface area contributed by atoms with Gasteiger partial charge in [0.15, 0.2) is 0 Å². The summed E-state index contributed by atoms with van der Waals surface area (Å²) in [5.41, 5.74) is 0. The van der Waals surface area contributed by atoms with E-state index in [1.54, 1.807) is 0 Å². The molecule has 0 aromatic heterocycles. The first-order chi connectivity index (χ1) is 2.00. The van der Waals surface area contributed by atoms with Gasteiger partial charge in [0.1, 0.15) is 0 Å². The Labute approximate surface area is 47.0 Å². The molecule has 7 heavy (non-hydrogen) atoms. The second-order valence-corrected chi connectivity index (χ2v) is 1.54. The summed E-state index contributed by atoms with van der Waals surface area (Å²) in [6.45, 7) is 0. The van der Waals surface area contributed by atoms with Crippen molar-refractivity contribution >= 4 is 21.3 Å². The molecule has 0 fully saturated rings. The first-order valence-electron chi connectivity index (χ1n) is 0.783. The normalized spacial score (nSPS) is 8.43. The van der Waals surface area contributed by atoms with Gasteiger partial charge in [-0.1, -0.05) is 0 Å². The fourth-order valence-electron chi connectivity index (χ4n) is 0. The third-order valence-corrected chi connectivity index (χ3v) is 0. The molecule has 0 saturated carbocycles. The van der Waals surface area contributed by atoms with Crippen LogP contribution in [0.2, 0.25) is 0 Å². The van der Waals surface area contributed by atoms with Crippen LogP contribution in [0.5, 0.6) is 0 Å². The van der Waals surface area contributed by atoms with Crippen LogP contribution >= 0.6 is 21.3 Å². The van der Waals surface area contributed by atoms with E-state index in [0.29, 0.717) is 0 Å². The van der Waals surface area contributed by atoms with Gasteiger partial charge >= 0.3 is 7.82 Å². The van der Waals surface area contributed by atoms with E-state index in [2.05, 4.69) is 0 Å². The van der Waals surface area contributed by atoms with Crippen molar-refractivity contribution in [3.8, 4) is 0 Å². The Morgan fingerprint density at radius 3 is 1.14 bits per heavy atom. The summed E-state index contributed by atoms with van der Waals surface area (Å²) in [6, 6.07) is 0. The molecule has 0 unspecified atom stereocenters. The predicted octanol–water partition coefficient (Wildman–Crippen LogP) is -1.64. The van der Waals surface area contributed by atoms with Crippen molar-refractivity contribution < 1.29 is 24.7 Å². The van der Waals surface area contributed by atoms with E-state index in [-0.39, 0.29) is 19.0 Å². The van der Waals surface area contributed by atoms with Crippen LogP contribution in [0.25, 0.3) is 0 Å². The number of hydrogen-bond acceptors (Lipinski definition) is 1. The maximum atomic E-state index is 8.88. The van der Waals surface area contributed by atoms with E-state index < -0.39 is 7.82 Å². The zero-order valence-corrected chi connectivity index (χ0v) is 5.09. The molecular weight excluding hydrogens is 143 g/mol. The lowest BCUT2D eigenvalue weighted by Crippen LogP contribution is -1.66. The van der Waals surface area contributed by atoms with E-state index in [0.717, 1.165) is 0 Å². The summed E-state index contributed by atoms with van der Waals surface area (Å²) in [4.78, 5) is 21.6. The quantitative estimate of drug-likeness (QED) is 0.359. The van der Waals surface area contributed by atoms with E-state index >= 15 is 0 Å². The van der Waals surface area contributed by atoms with Gasteiger partial charge in [-0.25, -0.2) is 4.57 Å². The third kappa shape index (κ3) is 711. The predicted molar refractivity (Wildman–Crippen MR) is 28.3 cm³/mol. The van der Waals surface area contributed by atoms with E-state index in [4.69, 9.17) is 19.2 Å². The minimum absolute atomic E-state index is 0. The van der Waals surface area contributed by atoms with Gasteiger partial charge in [-0.05, 0) is 0 Å². The highest BCUT2D eigenvalue weighted by Crippen LogP contribution is 2.25. The SMILES string of the molecule is O.O=P(O)(O)O.S. The van der Waals surface area contributed by atoms with Crippen molar-refractivity contribution in [3.63, 3.8) is 0 Å². The zero-order valence-electron chi connectivity index (χ0n) is 3.20. The van der Waals surface area contributed by atoms with E-state index in [9.17, 15) is 0 Å². The molecule has 0 aliphatic rings. The van der Waals surface area contributed by atoms with Crippen LogP contribution in [0.4, 0.5) is 0 Å². The highest BCUT2D eigenvalue weighted by Gasteiger charge is 2.00. The smallest absolute Gasteiger partial charge is 0.412 e. The van der Waals surface area contributed by atoms with Gasteiger partial charge in [0.05, 0.1) is 0 Å². The molecule has 0 radical (unpaired) electrons. The topological polar surface area (TPSA) is 109 Å². The van der Waals surface area contributed by atoms with Crippen molar-refractivity contribution in [1.29, 1.82) is 0 Å². The molecule has 5 nitrogen and oxygen atoms in total. The Hall–Kier alpha value is 0.420. The molecule has 0 aliphatic carbocycles. The second-order valence-electron chi connectivity index (χ2n) is 0.513. The Morgan fingerprint density at radius 1 is 1.14 bits per heavy atom. The molecular formula is H7O5PS. The monoisotopic (exact) mass is 150 g/mol. The average Bonchev–Trinajstić information content (AvgIpc) is 0.722. The maximum absolute atomic E-state index is 8.88. The van der Waals surface area contributed by atoms with Crippen LogP contribution in [-0.2, 0) is 4.57 Å². The summed E-state index contributed by atoms with van der Waals surface area (Å²) in [7, 11) is -4.64. The summed E-state index contributed by atoms with van der Waals surface area (Å²) >= 11 is 0. The Bertz CT molecular complexity index is 54.2. The van der Waals surface area contributed by atoms with Gasteiger partial charge in [0, 0.05) is 0 Å². The molecule has 0 aromatic carbocycles. The number of phosphoric acid groups is 1. The highest BCUT2D eigenvalue weighted by molar-refractivity contribution is 7.59. The molecule has 0 amide bonds. The molecule has 7 heteroatoms. The van der Waals surface area contributed by atoms with Crippen LogP contribution in [0.1, 0.15) is 0 Å². The Balaban J connectivity index is -0.0000000800. The molecule has 0 atom stereocenters. The minimum atomic E-state index is -4.64. The summed E-state index contributed by atoms with van der Waals surface area (Å²) < 4.78 is 8.88. The van der Waals surface area contributed by atoms with Gasteiger partial charge in [-0.3, -0.25) is 0 Å². The molecule has 0 aromatic rings.